The number of hydrogen-bond donors (Lipinski definition) is 2. The van der Waals surface area contributed by atoms with Crippen molar-refractivity contribution in [3.8, 4) is 58.4 Å². The molecule has 0 unspecified atom stereocenters. The Labute approximate surface area is 185 Å². The maximum atomic E-state index is 10.8. The van der Waals surface area contributed by atoms with Crippen LogP contribution in [-0.4, -0.2) is 23.4 Å². The zero-order chi connectivity index (χ0) is 23.7. The molecular weight excluding hydrogens is 408 g/mol. The van der Waals surface area contributed by atoms with E-state index in [1.54, 1.807) is 38.1 Å². The molecule has 0 heterocycles. The second-order valence-electron chi connectivity index (χ2n) is 6.26. The molecule has 0 saturated carbocycles. The first-order valence-corrected chi connectivity index (χ1v) is 9.46. The minimum Gasteiger partial charge on any atom is -0.504 e. The van der Waals surface area contributed by atoms with E-state index in [9.17, 15) is 10.2 Å². The van der Waals surface area contributed by atoms with Gasteiger partial charge >= 0.3 is 0 Å². The summed E-state index contributed by atoms with van der Waals surface area (Å²) in [6.45, 7) is 3.91. The van der Waals surface area contributed by atoms with Crippen LogP contribution < -0.4 is 9.47 Å². The fraction of sp³-hybridized carbons (Fsp3) is 0.167. The Morgan fingerprint density at radius 3 is 1.34 bits per heavy atom. The highest BCUT2D eigenvalue weighted by Gasteiger charge is 2.19. The molecule has 32 heavy (non-hydrogen) atoms. The van der Waals surface area contributed by atoms with Gasteiger partial charge in [-0.05, 0) is 61.4 Å². The van der Waals surface area contributed by atoms with E-state index in [0.717, 1.165) is 0 Å². The highest BCUT2D eigenvalue weighted by atomic mass is 16.5. The molecule has 0 aliphatic carbocycles. The summed E-state index contributed by atoms with van der Waals surface area (Å²) in [4.78, 5) is 0. The monoisotopic (exact) mass is 426 g/mol. The van der Waals surface area contributed by atoms with Crippen LogP contribution in [0.2, 0.25) is 0 Å². The van der Waals surface area contributed by atoms with Crippen LogP contribution >= 0.6 is 0 Å². The molecule has 2 aromatic carbocycles. The Kier molecular flexibility index (Phi) is 7.84. The Balaban J connectivity index is 2.88. The number of nitrogens with zero attached hydrogens (tertiary/aromatic N) is 4. The van der Waals surface area contributed by atoms with Gasteiger partial charge in [0.15, 0.2) is 23.0 Å². The summed E-state index contributed by atoms with van der Waals surface area (Å²) in [5.41, 5.74) is 0.725. The number of phenols is 2. The first-order valence-electron chi connectivity index (χ1n) is 9.46. The second kappa shape index (κ2) is 10.7. The molecule has 8 heteroatoms. The van der Waals surface area contributed by atoms with Gasteiger partial charge in [-0.2, -0.15) is 21.0 Å². The van der Waals surface area contributed by atoms with Gasteiger partial charge in [0.1, 0.15) is 35.4 Å². The van der Waals surface area contributed by atoms with E-state index in [4.69, 9.17) is 30.5 Å². The number of ether oxygens (including phenoxy) is 2. The molecule has 0 fully saturated rings. The molecule has 0 aliphatic heterocycles. The van der Waals surface area contributed by atoms with E-state index < -0.39 is 0 Å². The molecule has 0 radical (unpaired) electrons. The molecule has 0 bridgehead atoms. The lowest BCUT2D eigenvalue weighted by Gasteiger charge is -2.16. The fourth-order valence-corrected chi connectivity index (χ4v) is 2.88. The molecule has 0 amide bonds. The number of hydrogen-bond acceptors (Lipinski definition) is 8. The molecule has 158 valence electrons. The van der Waals surface area contributed by atoms with Crippen LogP contribution in [0, 0.1) is 45.3 Å². The first kappa shape index (κ1) is 23.4. The molecule has 0 aromatic heterocycles. The smallest absolute Gasteiger partial charge is 0.165 e. The lowest BCUT2D eigenvalue weighted by atomic mass is 9.96. The van der Waals surface area contributed by atoms with Crippen molar-refractivity contribution >= 4 is 12.2 Å². The van der Waals surface area contributed by atoms with Gasteiger partial charge in [0.05, 0.1) is 13.2 Å². The van der Waals surface area contributed by atoms with Crippen molar-refractivity contribution in [2.75, 3.05) is 13.2 Å². The zero-order valence-electron chi connectivity index (χ0n) is 17.4. The summed E-state index contributed by atoms with van der Waals surface area (Å²) in [5, 5.41) is 57.9. The van der Waals surface area contributed by atoms with Crippen molar-refractivity contribution in [3.05, 3.63) is 46.5 Å². The van der Waals surface area contributed by atoms with Crippen molar-refractivity contribution in [3.63, 3.8) is 0 Å². The van der Waals surface area contributed by atoms with Crippen molar-refractivity contribution in [2.24, 2.45) is 0 Å². The van der Waals surface area contributed by atoms with Crippen molar-refractivity contribution < 1.29 is 19.7 Å². The third kappa shape index (κ3) is 5.16. The standard InChI is InChI=1S/C24H18N4O4/c1-3-31-21-9-15(5-17(11-25)12-26)7-19(23(21)29)20-8-16(6-18(13-27)14-28)10-22(24(20)30)32-4-2/h5-10,29-30H,3-4H2,1-2H3. The summed E-state index contributed by atoms with van der Waals surface area (Å²) in [7, 11) is 0. The van der Waals surface area contributed by atoms with Crippen LogP contribution in [0.4, 0.5) is 0 Å². The Morgan fingerprint density at radius 2 is 1.06 bits per heavy atom. The largest absolute Gasteiger partial charge is 0.504 e. The van der Waals surface area contributed by atoms with Crippen LogP contribution in [0.3, 0.4) is 0 Å². The summed E-state index contributed by atoms with van der Waals surface area (Å²) in [5.74, 6) is -0.391. The van der Waals surface area contributed by atoms with Gasteiger partial charge in [0.2, 0.25) is 0 Å². The molecule has 0 spiro atoms. The summed E-state index contributed by atoms with van der Waals surface area (Å²) < 4.78 is 11.0. The van der Waals surface area contributed by atoms with Crippen molar-refractivity contribution in [1.82, 2.24) is 0 Å². The summed E-state index contributed by atoms with van der Waals surface area (Å²) in [6.07, 6.45) is 2.64. The molecule has 2 aromatic rings. The minimum absolute atomic E-state index is 0.0829. The van der Waals surface area contributed by atoms with E-state index in [1.165, 1.54) is 36.4 Å². The predicted octanol–water partition coefficient (Wildman–Crippen LogP) is 4.42. The number of phenolic OH excluding ortho intramolecular Hbond substituents is 2. The van der Waals surface area contributed by atoms with Gasteiger partial charge in [-0.3, -0.25) is 0 Å². The van der Waals surface area contributed by atoms with Crippen molar-refractivity contribution in [1.29, 1.82) is 21.0 Å². The minimum atomic E-state index is -0.279. The van der Waals surface area contributed by atoms with Crippen LogP contribution in [0.5, 0.6) is 23.0 Å². The average Bonchev–Trinajstić information content (AvgIpc) is 2.80. The fourth-order valence-electron chi connectivity index (χ4n) is 2.88. The van der Waals surface area contributed by atoms with Crippen LogP contribution in [0.1, 0.15) is 25.0 Å². The Morgan fingerprint density at radius 1 is 0.719 bits per heavy atom. The number of rotatable bonds is 7. The lowest BCUT2D eigenvalue weighted by molar-refractivity contribution is 0.316. The average molecular weight is 426 g/mol. The second-order valence-corrected chi connectivity index (χ2v) is 6.26. The Bertz CT molecular complexity index is 1130. The highest BCUT2D eigenvalue weighted by Crippen LogP contribution is 2.46. The number of benzene rings is 2. The number of allylic oxidation sites excluding steroid dienone is 2. The summed E-state index contributed by atoms with van der Waals surface area (Å²) in [6, 6.07) is 12.9. The number of aromatic hydroxyl groups is 2. The molecule has 2 rings (SSSR count). The topological polar surface area (TPSA) is 154 Å². The molecule has 2 N–H and O–H groups in total. The van der Waals surface area contributed by atoms with Crippen LogP contribution in [0.25, 0.3) is 23.3 Å². The number of nitriles is 4. The third-order valence-electron chi connectivity index (χ3n) is 4.19. The van der Waals surface area contributed by atoms with Crippen LogP contribution in [-0.2, 0) is 0 Å². The molecule has 0 saturated heterocycles. The molecule has 0 atom stereocenters. The van der Waals surface area contributed by atoms with Gasteiger partial charge in [-0.1, -0.05) is 0 Å². The van der Waals surface area contributed by atoms with E-state index in [-0.39, 0.29) is 58.5 Å². The van der Waals surface area contributed by atoms with E-state index in [1.807, 2.05) is 0 Å². The molecular formula is C24H18N4O4. The van der Waals surface area contributed by atoms with E-state index >= 15 is 0 Å². The predicted molar refractivity (Wildman–Crippen MR) is 116 cm³/mol. The maximum absolute atomic E-state index is 10.8. The Hall–Kier alpha value is -4.92. The van der Waals surface area contributed by atoms with Gasteiger partial charge < -0.3 is 19.7 Å². The third-order valence-corrected chi connectivity index (χ3v) is 4.19. The maximum Gasteiger partial charge on any atom is 0.165 e. The van der Waals surface area contributed by atoms with Crippen molar-refractivity contribution in [2.45, 2.75) is 13.8 Å². The quantitative estimate of drug-likeness (QED) is 0.616. The molecule has 8 nitrogen and oxygen atoms in total. The van der Waals surface area contributed by atoms with Gasteiger partial charge in [-0.15, -0.1) is 0 Å². The van der Waals surface area contributed by atoms with Gasteiger partial charge in [0.25, 0.3) is 0 Å². The first-order chi connectivity index (χ1) is 15.4. The van der Waals surface area contributed by atoms with E-state index in [0.29, 0.717) is 11.1 Å². The highest BCUT2D eigenvalue weighted by molar-refractivity contribution is 5.84. The summed E-state index contributed by atoms with van der Waals surface area (Å²) >= 11 is 0. The zero-order valence-corrected chi connectivity index (χ0v) is 17.4. The van der Waals surface area contributed by atoms with Gasteiger partial charge in [0, 0.05) is 11.1 Å². The van der Waals surface area contributed by atoms with Crippen LogP contribution in [0.15, 0.2) is 35.4 Å². The van der Waals surface area contributed by atoms with E-state index in [2.05, 4.69) is 0 Å². The molecule has 0 aliphatic rings. The lowest BCUT2D eigenvalue weighted by Crippen LogP contribution is -1.97. The SMILES string of the molecule is CCOc1cc(C=C(C#N)C#N)cc(-c2cc(C=C(C#N)C#N)cc(OCC)c2O)c1O. The van der Waals surface area contributed by atoms with Gasteiger partial charge in [-0.25, -0.2) is 0 Å². The normalized spacial score (nSPS) is 9.31.